The van der Waals surface area contributed by atoms with E-state index >= 15 is 0 Å². The molecule has 1 atom stereocenters. The molecule has 36 heavy (non-hydrogen) atoms. The minimum atomic E-state index is -0.887. The molecule has 0 saturated carbocycles. The van der Waals surface area contributed by atoms with Gasteiger partial charge in [-0.15, -0.1) is 0 Å². The zero-order valence-electron chi connectivity index (χ0n) is 20.8. The summed E-state index contributed by atoms with van der Waals surface area (Å²) in [5.41, 5.74) is 0.835. The molecule has 3 aromatic rings. The summed E-state index contributed by atoms with van der Waals surface area (Å²) in [6.45, 7) is 3.13. The Balaban J connectivity index is 1.79. The molecule has 0 spiro atoms. The lowest BCUT2D eigenvalue weighted by molar-refractivity contribution is -0.129. The topological polar surface area (TPSA) is 113 Å². The Morgan fingerprint density at radius 3 is 2.61 bits per heavy atom. The normalized spacial score (nSPS) is 15.9. The van der Waals surface area contributed by atoms with Crippen LogP contribution in [0.3, 0.4) is 0 Å². The van der Waals surface area contributed by atoms with Crippen molar-refractivity contribution in [2.24, 2.45) is 0 Å². The van der Waals surface area contributed by atoms with Gasteiger partial charge in [-0.2, -0.15) is 0 Å². The summed E-state index contributed by atoms with van der Waals surface area (Å²) >= 11 is 0. The SMILES string of the molecule is CCOc1cc([C@H]2C(C(=O)c3cc4cccc(OC)c4o3)=C(O)C(=O)N2CCCN(C)C)ccc1O. The van der Waals surface area contributed by atoms with Crippen molar-refractivity contribution in [3.8, 4) is 17.2 Å². The lowest BCUT2D eigenvalue weighted by Crippen LogP contribution is -2.33. The molecule has 0 radical (unpaired) electrons. The summed E-state index contributed by atoms with van der Waals surface area (Å²) in [6.07, 6.45) is 0.627. The number of ether oxygens (including phenoxy) is 2. The van der Waals surface area contributed by atoms with Crippen LogP contribution in [0, 0.1) is 0 Å². The van der Waals surface area contributed by atoms with Gasteiger partial charge < -0.3 is 33.9 Å². The van der Waals surface area contributed by atoms with E-state index in [4.69, 9.17) is 13.9 Å². The van der Waals surface area contributed by atoms with Crippen molar-refractivity contribution >= 4 is 22.7 Å². The molecule has 0 saturated heterocycles. The highest BCUT2D eigenvalue weighted by atomic mass is 16.5. The standard InChI is InChI=1S/C27H30N2O7/c1-5-35-20-14-16(10-11-18(20)30)23-22(25(32)27(33)29(23)13-7-12-28(2)3)24(31)21-15-17-8-6-9-19(34-4)26(17)36-21/h6,8-11,14-15,23,30,32H,5,7,12-13H2,1-4H3/t23-/m0/s1. The molecular weight excluding hydrogens is 464 g/mol. The van der Waals surface area contributed by atoms with Gasteiger partial charge in [0.1, 0.15) is 0 Å². The van der Waals surface area contributed by atoms with Crippen molar-refractivity contribution in [1.29, 1.82) is 0 Å². The molecule has 2 heterocycles. The second kappa shape index (κ2) is 10.3. The number of phenolic OH excluding ortho intramolecular Hbond substituents is 1. The van der Waals surface area contributed by atoms with Crippen LogP contribution in [0.25, 0.3) is 11.0 Å². The van der Waals surface area contributed by atoms with Crippen molar-refractivity contribution in [1.82, 2.24) is 9.80 Å². The minimum Gasteiger partial charge on any atom is -0.504 e. The van der Waals surface area contributed by atoms with Crippen molar-refractivity contribution < 1.29 is 33.7 Å². The van der Waals surface area contributed by atoms with Gasteiger partial charge in [-0.05, 0) is 63.8 Å². The molecule has 1 aliphatic heterocycles. The molecule has 190 valence electrons. The fourth-order valence-electron chi connectivity index (χ4n) is 4.43. The van der Waals surface area contributed by atoms with Crippen molar-refractivity contribution in [3.63, 3.8) is 0 Å². The van der Waals surface area contributed by atoms with Crippen molar-refractivity contribution in [2.45, 2.75) is 19.4 Å². The van der Waals surface area contributed by atoms with Gasteiger partial charge in [0.25, 0.3) is 5.91 Å². The second-order valence-electron chi connectivity index (χ2n) is 8.80. The summed E-state index contributed by atoms with van der Waals surface area (Å²) in [6, 6.07) is 10.6. The molecule has 0 bridgehead atoms. The number of amides is 1. The number of ketones is 1. The van der Waals surface area contributed by atoms with Crippen LogP contribution in [0.5, 0.6) is 17.2 Å². The van der Waals surface area contributed by atoms with Gasteiger partial charge in [0.15, 0.2) is 34.4 Å². The third-order valence-electron chi connectivity index (χ3n) is 6.10. The van der Waals surface area contributed by atoms with Crippen LogP contribution >= 0.6 is 0 Å². The molecule has 2 N–H and O–H groups in total. The highest BCUT2D eigenvalue weighted by Crippen LogP contribution is 2.42. The third-order valence-corrected chi connectivity index (χ3v) is 6.10. The average molecular weight is 495 g/mol. The molecule has 0 unspecified atom stereocenters. The molecule has 9 heteroatoms. The van der Waals surface area contributed by atoms with E-state index in [2.05, 4.69) is 0 Å². The fourth-order valence-corrected chi connectivity index (χ4v) is 4.43. The Labute approximate surface area is 209 Å². The zero-order chi connectivity index (χ0) is 26.0. The fraction of sp³-hybridized carbons (Fsp3) is 0.333. The van der Waals surface area contributed by atoms with Crippen molar-refractivity contribution in [2.75, 3.05) is 40.9 Å². The molecule has 1 aromatic heterocycles. The highest BCUT2D eigenvalue weighted by molar-refractivity contribution is 6.16. The summed E-state index contributed by atoms with van der Waals surface area (Å²) < 4.78 is 16.7. The van der Waals surface area contributed by atoms with Crippen LogP contribution in [-0.4, -0.2) is 72.6 Å². The number of aliphatic hydroxyl groups excluding tert-OH is 1. The van der Waals surface area contributed by atoms with E-state index in [9.17, 15) is 19.8 Å². The summed E-state index contributed by atoms with van der Waals surface area (Å²) in [4.78, 5) is 30.4. The number of rotatable bonds is 10. The van der Waals surface area contributed by atoms with Crippen LogP contribution in [0.1, 0.15) is 35.5 Å². The van der Waals surface area contributed by atoms with Crippen LogP contribution in [0.2, 0.25) is 0 Å². The number of Topliss-reactive ketones (excluding diaryl/α,β-unsaturated/α-hetero) is 1. The Bertz CT molecular complexity index is 1320. The molecule has 2 aromatic carbocycles. The lowest BCUT2D eigenvalue weighted by Gasteiger charge is -2.27. The van der Waals surface area contributed by atoms with E-state index in [1.54, 1.807) is 43.3 Å². The predicted molar refractivity (Wildman–Crippen MR) is 134 cm³/mol. The zero-order valence-corrected chi connectivity index (χ0v) is 20.8. The Kier molecular flexibility index (Phi) is 7.21. The van der Waals surface area contributed by atoms with Crippen LogP contribution < -0.4 is 9.47 Å². The number of aliphatic hydroxyl groups is 1. The number of aromatic hydroxyl groups is 1. The van der Waals surface area contributed by atoms with Crippen LogP contribution in [-0.2, 0) is 4.79 Å². The van der Waals surface area contributed by atoms with E-state index in [1.165, 1.54) is 18.1 Å². The predicted octanol–water partition coefficient (Wildman–Crippen LogP) is 4.08. The largest absolute Gasteiger partial charge is 0.504 e. The Morgan fingerprint density at radius 1 is 1.14 bits per heavy atom. The summed E-state index contributed by atoms with van der Waals surface area (Å²) in [5.74, 6) is -1.25. The second-order valence-corrected chi connectivity index (χ2v) is 8.80. The number of carbonyl (C=O) groups is 2. The quantitative estimate of drug-likeness (QED) is 0.406. The lowest BCUT2D eigenvalue weighted by atomic mass is 9.94. The van der Waals surface area contributed by atoms with Crippen LogP contribution in [0.15, 0.2) is 58.2 Å². The van der Waals surface area contributed by atoms with E-state index in [0.717, 1.165) is 0 Å². The van der Waals surface area contributed by atoms with Gasteiger partial charge in [-0.25, -0.2) is 0 Å². The van der Waals surface area contributed by atoms with Crippen LogP contribution in [0.4, 0.5) is 0 Å². The highest BCUT2D eigenvalue weighted by Gasteiger charge is 2.44. The Morgan fingerprint density at radius 2 is 1.92 bits per heavy atom. The van der Waals surface area contributed by atoms with Gasteiger partial charge in [0, 0.05) is 11.9 Å². The number of methoxy groups -OCH3 is 1. The number of nitrogens with zero attached hydrogens (tertiary/aromatic N) is 2. The number of hydrogen-bond donors (Lipinski definition) is 2. The number of benzene rings is 2. The molecule has 0 aliphatic carbocycles. The van der Waals surface area contributed by atoms with E-state index in [-0.39, 0.29) is 22.8 Å². The summed E-state index contributed by atoms with van der Waals surface area (Å²) in [7, 11) is 5.36. The first-order valence-corrected chi connectivity index (χ1v) is 11.7. The van der Waals surface area contributed by atoms with Gasteiger partial charge in [0.2, 0.25) is 5.78 Å². The molecule has 1 aliphatic rings. The third kappa shape index (κ3) is 4.61. The number of carbonyl (C=O) groups excluding carboxylic acids is 2. The first kappa shape index (κ1) is 25.1. The Hall–Kier alpha value is -3.98. The average Bonchev–Trinajstić information content (AvgIpc) is 3.40. The van der Waals surface area contributed by atoms with Gasteiger partial charge in [-0.3, -0.25) is 9.59 Å². The maximum atomic E-state index is 13.7. The maximum Gasteiger partial charge on any atom is 0.290 e. The molecule has 9 nitrogen and oxygen atoms in total. The monoisotopic (exact) mass is 494 g/mol. The number of para-hydroxylation sites is 1. The number of hydrogen-bond acceptors (Lipinski definition) is 8. The van der Waals surface area contributed by atoms with Gasteiger partial charge in [0.05, 0.1) is 25.3 Å². The number of phenols is 1. The molecule has 4 rings (SSSR count). The molecule has 1 amide bonds. The first-order chi connectivity index (χ1) is 17.3. The van der Waals surface area contributed by atoms with Gasteiger partial charge >= 0.3 is 0 Å². The molecular formula is C27H30N2O7. The van der Waals surface area contributed by atoms with E-state index < -0.39 is 23.5 Å². The van der Waals surface area contributed by atoms with E-state index in [1.807, 2.05) is 19.0 Å². The molecule has 0 fully saturated rings. The van der Waals surface area contributed by atoms with E-state index in [0.29, 0.717) is 48.4 Å². The number of furan rings is 1. The van der Waals surface area contributed by atoms with Crippen molar-refractivity contribution in [3.05, 3.63) is 65.1 Å². The smallest absolute Gasteiger partial charge is 0.290 e. The summed E-state index contributed by atoms with van der Waals surface area (Å²) in [5, 5.41) is 21.8. The minimum absolute atomic E-state index is 0.0206. The number of fused-ring (bicyclic) bond motifs is 1. The first-order valence-electron chi connectivity index (χ1n) is 11.7. The van der Waals surface area contributed by atoms with Gasteiger partial charge in [-0.1, -0.05) is 18.2 Å². The maximum absolute atomic E-state index is 13.7.